The third-order valence-corrected chi connectivity index (χ3v) is 7.68. The Morgan fingerprint density at radius 3 is 0.719 bits per heavy atom. The van der Waals surface area contributed by atoms with E-state index in [1.807, 2.05) is 0 Å². The van der Waals surface area contributed by atoms with Crippen molar-refractivity contribution in [3.8, 4) is 0 Å². The van der Waals surface area contributed by atoms with Crippen LogP contribution in [0.5, 0.6) is 0 Å². The van der Waals surface area contributed by atoms with Crippen LogP contribution in [0, 0.1) is 0 Å². The molecule has 0 saturated carbocycles. The second-order valence-corrected chi connectivity index (χ2v) is 11.2. The number of hydrogen-bond acceptors (Lipinski definition) is 0. The van der Waals surface area contributed by atoms with Gasteiger partial charge in [0.15, 0.2) is 0 Å². The first-order chi connectivity index (χ1) is 15.7. The molecule has 0 aliphatic carbocycles. The highest BCUT2D eigenvalue weighted by molar-refractivity contribution is 4.77. The Morgan fingerprint density at radius 1 is 0.312 bits per heavy atom. The van der Waals surface area contributed by atoms with Crippen LogP contribution < -0.4 is 5.73 Å². The lowest BCUT2D eigenvalue weighted by atomic mass is 9.82. The highest BCUT2D eigenvalue weighted by atomic mass is 14.7. The lowest BCUT2D eigenvalue weighted by Crippen LogP contribution is -2.72. The van der Waals surface area contributed by atoms with Gasteiger partial charge in [-0.1, -0.05) is 156 Å². The summed E-state index contributed by atoms with van der Waals surface area (Å²) < 4.78 is 0. The Labute approximate surface area is 205 Å². The molecule has 0 atom stereocenters. The maximum atomic E-state index is 4.84. The Bertz CT molecular complexity index is 287. The second kappa shape index (κ2) is 25.6. The number of rotatable bonds is 27. The average Bonchev–Trinajstić information content (AvgIpc) is 2.79. The molecule has 0 heterocycles. The minimum Gasteiger partial charge on any atom is -0.353 e. The monoisotopic (exact) mass is 453 g/mol. The molecule has 0 fully saturated rings. The standard InChI is InChI=1S/C31H65N/c1-4-7-10-13-16-19-22-25-28-31(32,29-26-23-20-17-14-11-8-5-2)30-27-24-21-18-15-12-9-6-3/h4-30,32H2,1-3H3/p+1. The van der Waals surface area contributed by atoms with Gasteiger partial charge in [0, 0.05) is 19.3 Å². The van der Waals surface area contributed by atoms with Crippen LogP contribution in [0.2, 0.25) is 0 Å². The van der Waals surface area contributed by atoms with Crippen molar-refractivity contribution in [1.29, 1.82) is 0 Å². The predicted octanol–water partition coefficient (Wildman–Crippen LogP) is 10.6. The lowest BCUT2D eigenvalue weighted by molar-refractivity contribution is -0.484. The molecule has 0 spiro atoms. The minimum atomic E-state index is 0.382. The van der Waals surface area contributed by atoms with Gasteiger partial charge < -0.3 is 5.73 Å². The maximum absolute atomic E-state index is 4.84. The molecule has 0 aliphatic rings. The molecule has 0 aromatic rings. The SMILES string of the molecule is CCCCCCCCCCC([NH3+])(CCCCCCCCCC)CCCCCCCCCC. The molecule has 0 radical (unpaired) electrons. The number of quaternary nitrogens is 1. The van der Waals surface area contributed by atoms with E-state index in [0.717, 1.165) is 0 Å². The minimum absolute atomic E-state index is 0.382. The van der Waals surface area contributed by atoms with Crippen molar-refractivity contribution >= 4 is 0 Å². The fraction of sp³-hybridized carbons (Fsp3) is 1.00. The van der Waals surface area contributed by atoms with Gasteiger partial charge in [-0.05, 0) is 19.3 Å². The molecule has 0 aliphatic heterocycles. The molecule has 0 amide bonds. The van der Waals surface area contributed by atoms with Crippen LogP contribution in [-0.2, 0) is 0 Å². The van der Waals surface area contributed by atoms with Crippen LogP contribution in [-0.4, -0.2) is 5.54 Å². The quantitative estimate of drug-likeness (QED) is 0.120. The van der Waals surface area contributed by atoms with Crippen LogP contribution in [0.3, 0.4) is 0 Å². The van der Waals surface area contributed by atoms with Crippen molar-refractivity contribution in [3.05, 3.63) is 0 Å². The van der Waals surface area contributed by atoms with E-state index in [4.69, 9.17) is 5.73 Å². The van der Waals surface area contributed by atoms with Gasteiger partial charge in [0.2, 0.25) is 0 Å². The fourth-order valence-corrected chi connectivity index (χ4v) is 5.28. The van der Waals surface area contributed by atoms with Crippen molar-refractivity contribution in [1.82, 2.24) is 0 Å². The zero-order valence-corrected chi connectivity index (χ0v) is 23.3. The third-order valence-electron chi connectivity index (χ3n) is 7.68. The third kappa shape index (κ3) is 23.1. The van der Waals surface area contributed by atoms with Crippen molar-refractivity contribution in [2.24, 2.45) is 0 Å². The second-order valence-electron chi connectivity index (χ2n) is 11.2. The molecule has 0 unspecified atom stereocenters. The lowest BCUT2D eigenvalue weighted by Gasteiger charge is -2.26. The predicted molar refractivity (Wildman–Crippen MR) is 147 cm³/mol. The van der Waals surface area contributed by atoms with Gasteiger partial charge >= 0.3 is 0 Å². The topological polar surface area (TPSA) is 27.6 Å². The summed E-state index contributed by atoms with van der Waals surface area (Å²) >= 11 is 0. The molecule has 1 heteroatoms. The summed E-state index contributed by atoms with van der Waals surface area (Å²) in [4.78, 5) is 0. The summed E-state index contributed by atoms with van der Waals surface area (Å²) in [6.07, 6.45) is 38.6. The maximum Gasteiger partial charge on any atom is 0.0945 e. The first-order valence-corrected chi connectivity index (χ1v) is 15.5. The average molecular weight is 453 g/mol. The molecule has 3 N–H and O–H groups in total. The van der Waals surface area contributed by atoms with E-state index in [1.165, 1.54) is 173 Å². The summed E-state index contributed by atoms with van der Waals surface area (Å²) in [5.74, 6) is 0. The van der Waals surface area contributed by atoms with E-state index < -0.39 is 0 Å². The molecule has 1 nitrogen and oxygen atoms in total. The molecule has 0 saturated heterocycles. The first kappa shape index (κ1) is 32.0. The normalized spacial score (nSPS) is 12.0. The van der Waals surface area contributed by atoms with E-state index >= 15 is 0 Å². The van der Waals surface area contributed by atoms with Crippen LogP contribution >= 0.6 is 0 Å². The number of unbranched alkanes of at least 4 members (excludes halogenated alkanes) is 21. The van der Waals surface area contributed by atoms with E-state index in [2.05, 4.69) is 20.8 Å². The highest BCUT2D eigenvalue weighted by Gasteiger charge is 2.27. The van der Waals surface area contributed by atoms with Gasteiger partial charge in [0.1, 0.15) is 0 Å². The van der Waals surface area contributed by atoms with Crippen molar-refractivity contribution in [2.45, 2.75) is 200 Å². The summed E-state index contributed by atoms with van der Waals surface area (Å²) in [7, 11) is 0. The summed E-state index contributed by atoms with van der Waals surface area (Å²) in [5, 5.41) is 0. The van der Waals surface area contributed by atoms with Crippen molar-refractivity contribution in [2.75, 3.05) is 0 Å². The van der Waals surface area contributed by atoms with Gasteiger partial charge in [0.25, 0.3) is 0 Å². The van der Waals surface area contributed by atoms with Gasteiger partial charge in [-0.3, -0.25) is 0 Å². The van der Waals surface area contributed by atoms with Crippen molar-refractivity contribution < 1.29 is 5.73 Å². The van der Waals surface area contributed by atoms with E-state index in [0.29, 0.717) is 5.54 Å². The highest BCUT2D eigenvalue weighted by Crippen LogP contribution is 2.25. The van der Waals surface area contributed by atoms with Crippen LogP contribution in [0.25, 0.3) is 0 Å². The van der Waals surface area contributed by atoms with E-state index in [9.17, 15) is 0 Å². The Morgan fingerprint density at radius 2 is 0.500 bits per heavy atom. The van der Waals surface area contributed by atoms with Crippen molar-refractivity contribution in [3.63, 3.8) is 0 Å². The molecule has 0 aromatic carbocycles. The smallest absolute Gasteiger partial charge is 0.0945 e. The molecule has 0 bridgehead atoms. The summed E-state index contributed by atoms with van der Waals surface area (Å²) in [6.45, 7) is 6.94. The fourth-order valence-electron chi connectivity index (χ4n) is 5.28. The molecular formula is C31H66N+. The molecular weight excluding hydrogens is 386 g/mol. The zero-order chi connectivity index (χ0) is 23.6. The van der Waals surface area contributed by atoms with Crippen LogP contribution in [0.1, 0.15) is 194 Å². The van der Waals surface area contributed by atoms with Crippen LogP contribution in [0.4, 0.5) is 0 Å². The van der Waals surface area contributed by atoms with Crippen LogP contribution in [0.15, 0.2) is 0 Å². The van der Waals surface area contributed by atoms with Gasteiger partial charge in [0.05, 0.1) is 5.54 Å². The summed E-state index contributed by atoms with van der Waals surface area (Å²) in [6, 6.07) is 0. The largest absolute Gasteiger partial charge is 0.353 e. The van der Waals surface area contributed by atoms with E-state index in [1.54, 1.807) is 0 Å². The Hall–Kier alpha value is -0.0400. The van der Waals surface area contributed by atoms with Gasteiger partial charge in [-0.25, -0.2) is 0 Å². The molecule has 0 rings (SSSR count). The molecule has 0 aromatic heterocycles. The van der Waals surface area contributed by atoms with Gasteiger partial charge in [-0.15, -0.1) is 0 Å². The first-order valence-electron chi connectivity index (χ1n) is 15.5. The van der Waals surface area contributed by atoms with E-state index in [-0.39, 0.29) is 0 Å². The summed E-state index contributed by atoms with van der Waals surface area (Å²) in [5.41, 5.74) is 5.23. The number of hydrogen-bond donors (Lipinski definition) is 1. The Balaban J connectivity index is 4.04. The molecule has 32 heavy (non-hydrogen) atoms. The molecule has 194 valence electrons. The zero-order valence-electron chi connectivity index (χ0n) is 23.3. The van der Waals surface area contributed by atoms with Gasteiger partial charge in [-0.2, -0.15) is 0 Å². The Kier molecular flexibility index (Phi) is 25.5.